The number of amides is 3. The van der Waals surface area contributed by atoms with E-state index < -0.39 is 0 Å². The number of anilines is 2. The van der Waals surface area contributed by atoms with Crippen molar-refractivity contribution in [3.05, 3.63) is 72.6 Å². The molecule has 8 nitrogen and oxygen atoms in total. The lowest BCUT2D eigenvalue weighted by atomic mass is 10.2. The third-order valence-electron chi connectivity index (χ3n) is 4.30. The number of H-pyrrole nitrogens is 1. The van der Waals surface area contributed by atoms with E-state index in [-0.39, 0.29) is 11.9 Å². The van der Waals surface area contributed by atoms with Gasteiger partial charge in [-0.1, -0.05) is 6.07 Å². The predicted molar refractivity (Wildman–Crippen MR) is 112 cm³/mol. The minimum Gasteiger partial charge on any atom is -0.341 e. The molecular formula is C21H18N6O2. The minimum absolute atomic E-state index is 0.279. The third-order valence-corrected chi connectivity index (χ3v) is 4.30. The number of benzene rings is 2. The number of urea groups is 1. The van der Waals surface area contributed by atoms with E-state index in [9.17, 15) is 9.59 Å². The molecule has 3 amide bonds. The van der Waals surface area contributed by atoms with Gasteiger partial charge in [-0.05, 0) is 48.5 Å². The summed E-state index contributed by atoms with van der Waals surface area (Å²) in [6, 6.07) is 15.6. The van der Waals surface area contributed by atoms with Crippen molar-refractivity contribution < 1.29 is 9.59 Å². The molecule has 0 atom stereocenters. The molecule has 4 N–H and O–H groups in total. The summed E-state index contributed by atoms with van der Waals surface area (Å²) in [7, 11) is 1.53. The number of hydrogen-bond acceptors (Lipinski definition) is 4. The zero-order valence-corrected chi connectivity index (χ0v) is 15.6. The van der Waals surface area contributed by atoms with E-state index in [0.717, 1.165) is 22.4 Å². The molecular weight excluding hydrogens is 368 g/mol. The molecule has 29 heavy (non-hydrogen) atoms. The van der Waals surface area contributed by atoms with Crippen LogP contribution in [0.1, 0.15) is 10.4 Å². The van der Waals surface area contributed by atoms with Crippen molar-refractivity contribution in [1.29, 1.82) is 0 Å². The van der Waals surface area contributed by atoms with Crippen LogP contribution in [0.5, 0.6) is 0 Å². The number of carbonyl (C=O) groups is 2. The number of rotatable bonds is 4. The lowest BCUT2D eigenvalue weighted by Crippen LogP contribution is -2.24. The Balaban J connectivity index is 1.54. The van der Waals surface area contributed by atoms with E-state index in [2.05, 4.69) is 30.9 Å². The van der Waals surface area contributed by atoms with E-state index in [4.69, 9.17) is 0 Å². The lowest BCUT2D eigenvalue weighted by molar-refractivity contribution is 0.102. The normalized spacial score (nSPS) is 10.5. The van der Waals surface area contributed by atoms with Crippen molar-refractivity contribution in [3.8, 4) is 11.4 Å². The van der Waals surface area contributed by atoms with Gasteiger partial charge in [-0.3, -0.25) is 9.78 Å². The summed E-state index contributed by atoms with van der Waals surface area (Å²) in [6.45, 7) is 0. The van der Waals surface area contributed by atoms with E-state index in [1.54, 1.807) is 42.7 Å². The molecule has 8 heteroatoms. The summed E-state index contributed by atoms with van der Waals surface area (Å²) < 4.78 is 0. The number of aromatic amines is 1. The molecule has 0 saturated heterocycles. The van der Waals surface area contributed by atoms with Gasteiger partial charge >= 0.3 is 6.03 Å². The Morgan fingerprint density at radius 3 is 2.52 bits per heavy atom. The van der Waals surface area contributed by atoms with Gasteiger partial charge in [0.25, 0.3) is 5.91 Å². The molecule has 0 spiro atoms. The highest BCUT2D eigenvalue weighted by Crippen LogP contribution is 2.23. The van der Waals surface area contributed by atoms with Crippen LogP contribution in [0, 0.1) is 0 Å². The van der Waals surface area contributed by atoms with E-state index in [0.29, 0.717) is 16.9 Å². The zero-order valence-electron chi connectivity index (χ0n) is 15.6. The molecule has 2 aromatic carbocycles. The van der Waals surface area contributed by atoms with Gasteiger partial charge in [0.15, 0.2) is 0 Å². The van der Waals surface area contributed by atoms with Crippen LogP contribution in [0.15, 0.2) is 67.0 Å². The summed E-state index contributed by atoms with van der Waals surface area (Å²) >= 11 is 0. The molecule has 0 aliphatic heterocycles. The summed E-state index contributed by atoms with van der Waals surface area (Å²) in [4.78, 5) is 35.9. The van der Waals surface area contributed by atoms with E-state index >= 15 is 0 Å². The number of imidazole rings is 1. The molecule has 4 aromatic rings. The van der Waals surface area contributed by atoms with Crippen LogP contribution in [0.2, 0.25) is 0 Å². The summed E-state index contributed by atoms with van der Waals surface area (Å²) in [5.74, 6) is 0.456. The third kappa shape index (κ3) is 4.06. The fourth-order valence-corrected chi connectivity index (χ4v) is 2.87. The molecule has 2 heterocycles. The SMILES string of the molecule is CNC(=O)Nc1cccc(C(=O)Nc2ccc3nc(-c4ccncc4)[nH]c3c2)c1. The maximum Gasteiger partial charge on any atom is 0.318 e. The number of pyridine rings is 1. The Hall–Kier alpha value is -4.20. The van der Waals surface area contributed by atoms with Crippen molar-refractivity contribution in [1.82, 2.24) is 20.3 Å². The van der Waals surface area contributed by atoms with Gasteiger partial charge in [0.2, 0.25) is 0 Å². The second kappa shape index (κ2) is 7.81. The highest BCUT2D eigenvalue weighted by atomic mass is 16.2. The molecule has 0 aliphatic carbocycles. The molecule has 0 fully saturated rings. The van der Waals surface area contributed by atoms with Crippen molar-refractivity contribution in [2.45, 2.75) is 0 Å². The molecule has 144 valence electrons. The Kier molecular flexibility index (Phi) is 4.90. The van der Waals surface area contributed by atoms with Crippen LogP contribution < -0.4 is 16.0 Å². The minimum atomic E-state index is -0.350. The van der Waals surface area contributed by atoms with Gasteiger partial charge in [-0.15, -0.1) is 0 Å². The molecule has 0 radical (unpaired) electrons. The van der Waals surface area contributed by atoms with Crippen LogP contribution in [0.25, 0.3) is 22.4 Å². The van der Waals surface area contributed by atoms with E-state index in [1.807, 2.05) is 24.3 Å². The summed E-state index contributed by atoms with van der Waals surface area (Å²) in [5, 5.41) is 7.98. The average molecular weight is 386 g/mol. The van der Waals surface area contributed by atoms with Crippen LogP contribution in [0.3, 0.4) is 0 Å². The first-order valence-corrected chi connectivity index (χ1v) is 8.93. The Morgan fingerprint density at radius 1 is 0.931 bits per heavy atom. The van der Waals surface area contributed by atoms with Gasteiger partial charge in [0.1, 0.15) is 5.82 Å². The maximum atomic E-state index is 12.6. The topological polar surface area (TPSA) is 112 Å². The number of fused-ring (bicyclic) bond motifs is 1. The lowest BCUT2D eigenvalue weighted by Gasteiger charge is -2.08. The van der Waals surface area contributed by atoms with Gasteiger partial charge in [0.05, 0.1) is 11.0 Å². The largest absolute Gasteiger partial charge is 0.341 e. The predicted octanol–water partition coefficient (Wildman–Crippen LogP) is 3.63. The maximum absolute atomic E-state index is 12.6. The molecule has 4 rings (SSSR count). The molecule has 0 unspecified atom stereocenters. The van der Waals surface area contributed by atoms with Crippen LogP contribution in [-0.4, -0.2) is 33.9 Å². The number of carbonyl (C=O) groups excluding carboxylic acids is 2. The Bertz CT molecular complexity index is 1190. The standard InChI is InChI=1S/C21H18N6O2/c1-22-21(29)25-15-4-2-3-14(11-15)20(28)24-16-5-6-17-18(12-16)27-19(26-17)13-7-9-23-10-8-13/h2-12H,1H3,(H,24,28)(H,26,27)(H2,22,25,29). The van der Waals surface area contributed by atoms with Crippen LogP contribution in [-0.2, 0) is 0 Å². The highest BCUT2D eigenvalue weighted by Gasteiger charge is 2.10. The van der Waals surface area contributed by atoms with Gasteiger partial charge in [-0.25, -0.2) is 9.78 Å². The van der Waals surface area contributed by atoms with Crippen molar-refractivity contribution in [3.63, 3.8) is 0 Å². The molecule has 2 aromatic heterocycles. The van der Waals surface area contributed by atoms with Gasteiger partial charge in [-0.2, -0.15) is 0 Å². The van der Waals surface area contributed by atoms with Crippen molar-refractivity contribution in [2.75, 3.05) is 17.7 Å². The molecule has 0 saturated carbocycles. The van der Waals surface area contributed by atoms with E-state index in [1.165, 1.54) is 7.05 Å². The number of hydrogen-bond donors (Lipinski definition) is 4. The first kappa shape index (κ1) is 18.2. The Morgan fingerprint density at radius 2 is 1.72 bits per heavy atom. The van der Waals surface area contributed by atoms with Gasteiger partial charge < -0.3 is 20.9 Å². The number of aromatic nitrogens is 3. The monoisotopic (exact) mass is 386 g/mol. The number of nitrogens with zero attached hydrogens (tertiary/aromatic N) is 2. The number of nitrogens with one attached hydrogen (secondary N) is 4. The Labute approximate surface area is 166 Å². The second-order valence-electron chi connectivity index (χ2n) is 6.29. The fraction of sp³-hybridized carbons (Fsp3) is 0.0476. The second-order valence-corrected chi connectivity index (χ2v) is 6.29. The van der Waals surface area contributed by atoms with Crippen LogP contribution in [0.4, 0.5) is 16.2 Å². The van der Waals surface area contributed by atoms with Gasteiger partial charge in [0, 0.05) is 41.9 Å². The van der Waals surface area contributed by atoms with Crippen molar-refractivity contribution >= 4 is 34.3 Å². The first-order chi connectivity index (χ1) is 14.1. The van der Waals surface area contributed by atoms with Crippen molar-refractivity contribution in [2.24, 2.45) is 0 Å². The highest BCUT2D eigenvalue weighted by molar-refractivity contribution is 6.06. The quantitative estimate of drug-likeness (QED) is 0.429. The first-order valence-electron chi connectivity index (χ1n) is 8.93. The fourth-order valence-electron chi connectivity index (χ4n) is 2.87. The molecule has 0 aliphatic rings. The summed E-state index contributed by atoms with van der Waals surface area (Å²) in [6.07, 6.45) is 3.42. The van der Waals surface area contributed by atoms with Crippen LogP contribution >= 0.6 is 0 Å². The average Bonchev–Trinajstić information content (AvgIpc) is 3.18. The smallest absolute Gasteiger partial charge is 0.318 e. The molecule has 0 bridgehead atoms. The summed E-state index contributed by atoms with van der Waals surface area (Å²) in [5.41, 5.74) is 4.14. The zero-order chi connectivity index (χ0) is 20.2.